The monoisotopic (exact) mass is 336 g/mol. The molecule has 0 rings (SSSR count). The van der Waals surface area contributed by atoms with Crippen molar-refractivity contribution in [2.45, 2.75) is 64.7 Å². The lowest BCUT2D eigenvalue weighted by molar-refractivity contribution is 0.205. The minimum absolute atomic E-state index is 0.175. The van der Waals surface area contributed by atoms with Gasteiger partial charge in [0.05, 0.1) is 5.73 Å². The molecule has 0 aliphatic heterocycles. The van der Waals surface area contributed by atoms with E-state index in [0.29, 0.717) is 5.95 Å². The van der Waals surface area contributed by atoms with Crippen LogP contribution in [0.3, 0.4) is 0 Å². The average Bonchev–Trinajstić information content (AvgIpc) is 1.90. The number of hydrogen-bond acceptors (Lipinski definition) is 3. The van der Waals surface area contributed by atoms with Crippen molar-refractivity contribution < 1.29 is 13.3 Å². The Morgan fingerprint density at radius 1 is 0.789 bits per heavy atom. The van der Waals surface area contributed by atoms with Crippen molar-refractivity contribution in [1.29, 1.82) is 0 Å². The van der Waals surface area contributed by atoms with Crippen LogP contribution in [0.1, 0.15) is 0 Å². The standard InChI is InChI=1S/C12H32O3Si4/c1-17(2,3)13-11(14-18(4,5)6)10-12(16)15-19(7,8)9/h10,12H,1-9,16H3. The van der Waals surface area contributed by atoms with E-state index in [1.54, 1.807) is 0 Å². The first-order valence-electron chi connectivity index (χ1n) is 6.96. The molecular formula is C12H32O3Si4. The maximum atomic E-state index is 6.09. The van der Waals surface area contributed by atoms with Gasteiger partial charge in [0.25, 0.3) is 0 Å². The molecule has 0 radical (unpaired) electrons. The third-order valence-electron chi connectivity index (χ3n) is 1.72. The van der Waals surface area contributed by atoms with Crippen LogP contribution in [0.4, 0.5) is 0 Å². The summed E-state index contributed by atoms with van der Waals surface area (Å²) in [7, 11) is -3.84. The molecule has 0 aliphatic carbocycles. The maximum absolute atomic E-state index is 6.09. The summed E-state index contributed by atoms with van der Waals surface area (Å²) in [5.74, 6) is 0.705. The van der Waals surface area contributed by atoms with Crippen LogP contribution in [0, 0.1) is 0 Å². The van der Waals surface area contributed by atoms with Crippen LogP contribution in [0.25, 0.3) is 0 Å². The molecule has 3 nitrogen and oxygen atoms in total. The molecule has 1 unspecified atom stereocenters. The molecule has 0 aromatic rings. The molecule has 0 amide bonds. The fourth-order valence-electron chi connectivity index (χ4n) is 1.48. The van der Waals surface area contributed by atoms with Gasteiger partial charge in [-0.3, -0.25) is 0 Å². The van der Waals surface area contributed by atoms with Crippen LogP contribution in [0.2, 0.25) is 58.9 Å². The maximum Gasteiger partial charge on any atom is 0.249 e. The first-order valence-corrected chi connectivity index (χ1v) is 18.3. The Morgan fingerprint density at radius 2 is 1.16 bits per heavy atom. The summed E-state index contributed by atoms with van der Waals surface area (Å²) in [6.07, 6.45) is 2.06. The van der Waals surface area contributed by atoms with E-state index in [9.17, 15) is 0 Å². The van der Waals surface area contributed by atoms with Crippen molar-refractivity contribution in [3.63, 3.8) is 0 Å². The largest absolute Gasteiger partial charge is 0.521 e. The lowest BCUT2D eigenvalue weighted by Gasteiger charge is -2.29. The SMILES string of the molecule is C[Si](C)(C)OC(=CC([SiH3])O[Si](C)(C)C)O[Si](C)(C)C. The smallest absolute Gasteiger partial charge is 0.249 e. The molecule has 0 bridgehead atoms. The predicted molar refractivity (Wildman–Crippen MR) is 95.1 cm³/mol. The van der Waals surface area contributed by atoms with Gasteiger partial charge >= 0.3 is 0 Å². The minimum Gasteiger partial charge on any atom is -0.521 e. The van der Waals surface area contributed by atoms with Crippen molar-refractivity contribution in [2.75, 3.05) is 0 Å². The van der Waals surface area contributed by atoms with E-state index in [4.69, 9.17) is 13.3 Å². The van der Waals surface area contributed by atoms with Crippen molar-refractivity contribution >= 4 is 35.2 Å². The molecule has 0 spiro atoms. The van der Waals surface area contributed by atoms with E-state index in [2.05, 4.69) is 65.0 Å². The van der Waals surface area contributed by atoms with E-state index >= 15 is 0 Å². The fourth-order valence-corrected chi connectivity index (χ4v) is 6.56. The van der Waals surface area contributed by atoms with Crippen LogP contribution in [-0.2, 0) is 13.3 Å². The molecule has 0 aliphatic rings. The second kappa shape index (κ2) is 6.75. The highest BCUT2D eigenvalue weighted by molar-refractivity contribution is 6.71. The summed E-state index contributed by atoms with van der Waals surface area (Å²) in [5, 5.41) is 0. The highest BCUT2D eigenvalue weighted by atomic mass is 28.4. The third-order valence-corrected chi connectivity index (χ3v) is 5.47. The zero-order valence-electron chi connectivity index (χ0n) is 14.4. The van der Waals surface area contributed by atoms with Crippen molar-refractivity contribution in [1.82, 2.24) is 0 Å². The molecular weight excluding hydrogens is 304 g/mol. The first kappa shape index (κ1) is 19.2. The van der Waals surface area contributed by atoms with Crippen molar-refractivity contribution in [2.24, 2.45) is 0 Å². The Morgan fingerprint density at radius 3 is 1.42 bits per heavy atom. The molecule has 0 heterocycles. The molecule has 1 atom stereocenters. The van der Waals surface area contributed by atoms with Gasteiger partial charge in [-0.1, -0.05) is 0 Å². The molecule has 19 heavy (non-hydrogen) atoms. The molecule has 0 fully saturated rings. The highest BCUT2D eigenvalue weighted by Gasteiger charge is 2.25. The quantitative estimate of drug-likeness (QED) is 0.528. The van der Waals surface area contributed by atoms with Crippen LogP contribution in [-0.4, -0.2) is 40.9 Å². The Balaban J connectivity index is 4.91. The molecule has 114 valence electrons. The summed E-state index contributed by atoms with van der Waals surface area (Å²) in [4.78, 5) is 0. The van der Waals surface area contributed by atoms with Crippen LogP contribution in [0.15, 0.2) is 12.0 Å². The normalized spacial score (nSPS) is 15.0. The molecule has 0 aromatic heterocycles. The molecule has 0 saturated carbocycles. The van der Waals surface area contributed by atoms with Gasteiger partial charge in [0.15, 0.2) is 8.32 Å². The van der Waals surface area contributed by atoms with E-state index < -0.39 is 25.0 Å². The van der Waals surface area contributed by atoms with E-state index in [-0.39, 0.29) is 5.73 Å². The Labute approximate surface area is 125 Å². The summed E-state index contributed by atoms with van der Waals surface area (Å²) < 4.78 is 18.2. The van der Waals surface area contributed by atoms with Gasteiger partial charge < -0.3 is 13.3 Å². The Kier molecular flexibility index (Phi) is 6.81. The van der Waals surface area contributed by atoms with Gasteiger partial charge in [-0.25, -0.2) is 0 Å². The van der Waals surface area contributed by atoms with Crippen LogP contribution in [0.5, 0.6) is 0 Å². The second-order valence-electron chi connectivity index (χ2n) is 7.85. The van der Waals surface area contributed by atoms with Crippen LogP contribution >= 0.6 is 0 Å². The second-order valence-corrected chi connectivity index (χ2v) is 22.3. The van der Waals surface area contributed by atoms with Gasteiger partial charge in [0.1, 0.15) is 0 Å². The zero-order chi connectivity index (χ0) is 15.5. The lowest BCUT2D eigenvalue weighted by atomic mass is 10.6. The number of hydrogen-bond donors (Lipinski definition) is 0. The van der Waals surface area contributed by atoms with Crippen molar-refractivity contribution in [3.8, 4) is 0 Å². The zero-order valence-corrected chi connectivity index (χ0v) is 19.4. The summed E-state index contributed by atoms with van der Waals surface area (Å²) >= 11 is 0. The van der Waals surface area contributed by atoms with Gasteiger partial charge in [0, 0.05) is 16.3 Å². The highest BCUT2D eigenvalue weighted by Crippen LogP contribution is 2.18. The Bertz CT molecular complexity index is 292. The molecule has 7 heteroatoms. The topological polar surface area (TPSA) is 27.7 Å². The van der Waals surface area contributed by atoms with E-state index in [0.717, 1.165) is 10.2 Å². The van der Waals surface area contributed by atoms with E-state index in [1.165, 1.54) is 0 Å². The Hall–Kier alpha value is 0.168. The average molecular weight is 337 g/mol. The summed E-state index contributed by atoms with van der Waals surface area (Å²) in [5.41, 5.74) is 0.175. The van der Waals surface area contributed by atoms with Gasteiger partial charge in [-0.2, -0.15) is 0 Å². The molecule has 0 saturated heterocycles. The van der Waals surface area contributed by atoms with Gasteiger partial charge in [-0.15, -0.1) is 0 Å². The predicted octanol–water partition coefficient (Wildman–Crippen LogP) is 3.07. The lowest BCUT2D eigenvalue weighted by Crippen LogP contribution is -2.34. The summed E-state index contributed by atoms with van der Waals surface area (Å²) in [6, 6.07) is 0. The van der Waals surface area contributed by atoms with Crippen LogP contribution < -0.4 is 0 Å². The van der Waals surface area contributed by atoms with Gasteiger partial charge in [0.2, 0.25) is 22.6 Å². The minimum atomic E-state index is -1.65. The van der Waals surface area contributed by atoms with Gasteiger partial charge in [-0.05, 0) is 58.9 Å². The fraction of sp³-hybridized carbons (Fsp3) is 0.833. The first-order chi connectivity index (χ1) is 8.18. The molecule has 0 aromatic carbocycles. The van der Waals surface area contributed by atoms with E-state index in [1.807, 2.05) is 0 Å². The number of rotatable bonds is 7. The third kappa shape index (κ3) is 12.9. The molecule has 0 N–H and O–H groups in total. The summed E-state index contributed by atoms with van der Waals surface area (Å²) in [6.45, 7) is 19.7. The van der Waals surface area contributed by atoms with Crippen molar-refractivity contribution in [3.05, 3.63) is 12.0 Å².